The van der Waals surface area contributed by atoms with Crippen LogP contribution in [0.1, 0.15) is 26.8 Å². The Morgan fingerprint density at radius 2 is 2.00 bits per heavy atom. The Balaban J connectivity index is 2.39. The summed E-state index contributed by atoms with van der Waals surface area (Å²) in [6, 6.07) is -0.121. The third-order valence-electron chi connectivity index (χ3n) is 4.48. The highest BCUT2D eigenvalue weighted by Gasteiger charge is 2.30. The van der Waals surface area contributed by atoms with Gasteiger partial charge in [0.15, 0.2) is 11.2 Å². The highest BCUT2D eigenvalue weighted by atomic mass is 16.2. The van der Waals surface area contributed by atoms with E-state index in [1.807, 2.05) is 37.5 Å². The zero-order chi connectivity index (χ0) is 18.3. The second-order valence-electron chi connectivity index (χ2n) is 6.07. The lowest BCUT2D eigenvalue weighted by atomic mass is 10.2. The molecule has 0 saturated heterocycles. The molecule has 3 rings (SSSR count). The molecule has 0 aromatic carbocycles. The predicted molar refractivity (Wildman–Crippen MR) is 99.4 cm³/mol. The zero-order valence-electron chi connectivity index (χ0n) is 14.9. The van der Waals surface area contributed by atoms with Crippen molar-refractivity contribution in [1.82, 2.24) is 18.7 Å². The molecule has 25 heavy (non-hydrogen) atoms. The quantitative estimate of drug-likeness (QED) is 0.787. The van der Waals surface area contributed by atoms with Gasteiger partial charge in [0.1, 0.15) is 0 Å². The van der Waals surface area contributed by atoms with E-state index < -0.39 is 5.69 Å². The molecule has 0 unspecified atom stereocenters. The van der Waals surface area contributed by atoms with Crippen LogP contribution < -0.4 is 16.3 Å². The first-order valence-corrected chi connectivity index (χ1v) is 8.18. The van der Waals surface area contributed by atoms with Crippen molar-refractivity contribution in [1.29, 1.82) is 0 Å². The second-order valence-corrected chi connectivity index (χ2v) is 6.07. The average molecular weight is 342 g/mol. The van der Waals surface area contributed by atoms with E-state index in [4.69, 9.17) is 0 Å². The zero-order valence-corrected chi connectivity index (χ0v) is 14.9. The Morgan fingerprint density at radius 3 is 2.64 bits per heavy atom. The molecule has 1 aliphatic heterocycles. The van der Waals surface area contributed by atoms with Gasteiger partial charge in [-0.15, -0.1) is 6.58 Å². The topological polar surface area (TPSA) is 77.4 Å². The lowest BCUT2D eigenvalue weighted by Crippen LogP contribution is -2.40. The highest BCUT2D eigenvalue weighted by Crippen LogP contribution is 2.29. The number of anilines is 1. The fraction of sp³-hybridized carbons (Fsp3) is 0.412. The van der Waals surface area contributed by atoms with Gasteiger partial charge >= 0.3 is 5.69 Å². The Bertz CT molecular complexity index is 1020. The first-order valence-electron chi connectivity index (χ1n) is 8.18. The SMILES string of the molecule is C=CCn1c(=O)c2c(nc3n2[C@H](C)C(C)=NN3C/C=C/C)n(C)c1=O. The number of nitrogens with zero attached hydrogens (tertiary/aromatic N) is 6. The smallest absolute Gasteiger partial charge is 0.294 e. The number of aryl methyl sites for hydroxylation is 1. The van der Waals surface area contributed by atoms with Gasteiger partial charge in [0.25, 0.3) is 5.56 Å². The van der Waals surface area contributed by atoms with Crippen molar-refractivity contribution < 1.29 is 0 Å². The van der Waals surface area contributed by atoms with Crippen LogP contribution in [0.3, 0.4) is 0 Å². The van der Waals surface area contributed by atoms with Crippen molar-refractivity contribution in [2.75, 3.05) is 11.6 Å². The molecule has 0 spiro atoms. The molecule has 0 bridgehead atoms. The molecule has 0 radical (unpaired) electrons. The third-order valence-corrected chi connectivity index (χ3v) is 4.48. The van der Waals surface area contributed by atoms with E-state index in [0.717, 1.165) is 5.71 Å². The Kier molecular flexibility index (Phi) is 4.20. The lowest BCUT2D eigenvalue weighted by Gasteiger charge is -2.28. The summed E-state index contributed by atoms with van der Waals surface area (Å²) in [4.78, 5) is 30.0. The monoisotopic (exact) mass is 342 g/mol. The summed E-state index contributed by atoms with van der Waals surface area (Å²) in [5.74, 6) is 0.564. The van der Waals surface area contributed by atoms with Gasteiger partial charge in [0.05, 0.1) is 18.3 Å². The van der Waals surface area contributed by atoms with Gasteiger partial charge in [0.2, 0.25) is 5.95 Å². The van der Waals surface area contributed by atoms with Crippen LogP contribution in [0.4, 0.5) is 5.95 Å². The standard InChI is InChI=1S/C17H22N6O2/c1-6-8-10-22-16-18-14-13(23(16)12(4)11(3)19-22)15(24)21(9-7-2)17(25)20(14)5/h6-8,12H,2,9-10H2,1,3-5H3/b8-6+/t12-/m1/s1. The first kappa shape index (κ1) is 16.9. The maximum absolute atomic E-state index is 13.0. The normalized spacial score (nSPS) is 17.2. The van der Waals surface area contributed by atoms with Crippen LogP contribution in [0.15, 0.2) is 39.5 Å². The molecular formula is C17H22N6O2. The Labute approximate surface area is 145 Å². The minimum absolute atomic E-state index is 0.121. The van der Waals surface area contributed by atoms with E-state index in [2.05, 4.69) is 16.7 Å². The van der Waals surface area contributed by atoms with Crippen molar-refractivity contribution >= 4 is 22.8 Å². The lowest BCUT2D eigenvalue weighted by molar-refractivity contribution is 0.638. The fourth-order valence-corrected chi connectivity index (χ4v) is 3.00. The number of aromatic nitrogens is 4. The minimum Gasteiger partial charge on any atom is -0.294 e. The van der Waals surface area contributed by atoms with Crippen LogP contribution in [0.5, 0.6) is 0 Å². The van der Waals surface area contributed by atoms with Gasteiger partial charge in [-0.1, -0.05) is 18.2 Å². The van der Waals surface area contributed by atoms with Crippen molar-refractivity contribution in [3.8, 4) is 0 Å². The molecule has 8 nitrogen and oxygen atoms in total. The van der Waals surface area contributed by atoms with Crippen molar-refractivity contribution in [2.45, 2.75) is 33.4 Å². The molecule has 3 heterocycles. The first-order chi connectivity index (χ1) is 11.9. The summed E-state index contributed by atoms with van der Waals surface area (Å²) in [6.45, 7) is 10.2. The summed E-state index contributed by atoms with van der Waals surface area (Å²) in [5, 5.41) is 6.33. The number of hydrogen-bond donors (Lipinski definition) is 0. The number of rotatable bonds is 4. The number of hydrogen-bond acceptors (Lipinski definition) is 5. The van der Waals surface area contributed by atoms with Crippen LogP contribution >= 0.6 is 0 Å². The molecule has 0 aliphatic carbocycles. The maximum atomic E-state index is 13.0. The predicted octanol–water partition coefficient (Wildman–Crippen LogP) is 1.42. The summed E-state index contributed by atoms with van der Waals surface area (Å²) < 4.78 is 4.44. The fourth-order valence-electron chi connectivity index (χ4n) is 3.00. The van der Waals surface area contributed by atoms with Crippen LogP contribution in [-0.2, 0) is 13.6 Å². The Morgan fingerprint density at radius 1 is 1.28 bits per heavy atom. The largest absolute Gasteiger partial charge is 0.332 e. The van der Waals surface area contributed by atoms with Crippen molar-refractivity contribution in [3.05, 3.63) is 45.6 Å². The molecule has 132 valence electrons. The summed E-state index contributed by atoms with van der Waals surface area (Å²) in [7, 11) is 1.62. The number of allylic oxidation sites excluding steroid dienone is 2. The van der Waals surface area contributed by atoms with Gasteiger partial charge in [0, 0.05) is 13.6 Å². The van der Waals surface area contributed by atoms with Gasteiger partial charge in [-0.3, -0.25) is 18.5 Å². The van der Waals surface area contributed by atoms with Gasteiger partial charge in [-0.2, -0.15) is 10.1 Å². The van der Waals surface area contributed by atoms with Crippen molar-refractivity contribution in [3.63, 3.8) is 0 Å². The average Bonchev–Trinajstić information content (AvgIpc) is 3.00. The number of imidazole rings is 1. The van der Waals surface area contributed by atoms with Gasteiger partial charge < -0.3 is 0 Å². The van der Waals surface area contributed by atoms with Gasteiger partial charge in [-0.25, -0.2) is 9.80 Å². The molecule has 1 aliphatic rings. The molecule has 2 aromatic rings. The molecule has 2 aromatic heterocycles. The number of hydrazone groups is 1. The maximum Gasteiger partial charge on any atom is 0.332 e. The molecule has 0 amide bonds. The Hall–Kier alpha value is -2.90. The van der Waals surface area contributed by atoms with E-state index in [9.17, 15) is 9.59 Å². The van der Waals surface area contributed by atoms with Crippen LogP contribution in [0, 0.1) is 0 Å². The molecule has 0 N–H and O–H groups in total. The van der Waals surface area contributed by atoms with Gasteiger partial charge in [-0.05, 0) is 20.8 Å². The van der Waals surface area contributed by atoms with E-state index in [0.29, 0.717) is 23.7 Å². The third kappa shape index (κ3) is 2.45. The highest BCUT2D eigenvalue weighted by molar-refractivity contribution is 5.91. The second kappa shape index (κ2) is 6.19. The molecule has 0 saturated carbocycles. The van der Waals surface area contributed by atoms with E-state index in [-0.39, 0.29) is 18.1 Å². The van der Waals surface area contributed by atoms with E-state index >= 15 is 0 Å². The van der Waals surface area contributed by atoms with Crippen LogP contribution in [-0.4, -0.2) is 30.9 Å². The number of fused-ring (bicyclic) bond motifs is 3. The molecule has 8 heteroatoms. The minimum atomic E-state index is -0.404. The van der Waals surface area contributed by atoms with E-state index in [1.54, 1.807) is 12.1 Å². The van der Waals surface area contributed by atoms with Crippen LogP contribution in [0.25, 0.3) is 11.2 Å². The van der Waals surface area contributed by atoms with E-state index in [1.165, 1.54) is 15.2 Å². The summed E-state index contributed by atoms with van der Waals surface area (Å²) >= 11 is 0. The summed E-state index contributed by atoms with van der Waals surface area (Å²) in [6.07, 6.45) is 5.44. The van der Waals surface area contributed by atoms with Crippen LogP contribution in [0.2, 0.25) is 0 Å². The summed E-state index contributed by atoms with van der Waals surface area (Å²) in [5.41, 5.74) is 0.890. The molecule has 1 atom stereocenters. The molecular weight excluding hydrogens is 320 g/mol. The molecule has 0 fully saturated rings. The van der Waals surface area contributed by atoms with Crippen molar-refractivity contribution in [2.24, 2.45) is 12.1 Å².